The van der Waals surface area contributed by atoms with Gasteiger partial charge in [0.2, 0.25) is 5.91 Å². The van der Waals surface area contributed by atoms with Gasteiger partial charge in [-0.25, -0.2) is 4.98 Å². The fourth-order valence-electron chi connectivity index (χ4n) is 2.90. The molecule has 1 aliphatic heterocycles. The molecule has 7 heteroatoms. The fraction of sp³-hybridized carbons (Fsp3) is 0.588. The van der Waals surface area contributed by atoms with Crippen LogP contribution in [0.3, 0.4) is 0 Å². The molecule has 130 valence electrons. The quantitative estimate of drug-likeness (QED) is 0.789. The van der Waals surface area contributed by atoms with Crippen LogP contribution in [0.2, 0.25) is 0 Å². The minimum Gasteiger partial charge on any atom is -0.378 e. The molecule has 0 aliphatic carbocycles. The van der Waals surface area contributed by atoms with Gasteiger partial charge < -0.3 is 15.0 Å². The highest BCUT2D eigenvalue weighted by atomic mass is 16.5. The largest absolute Gasteiger partial charge is 0.378 e. The molecule has 7 nitrogen and oxygen atoms in total. The van der Waals surface area contributed by atoms with Crippen molar-refractivity contribution in [2.24, 2.45) is 0 Å². The number of carbonyl (C=O) groups excluding carboxylic acids is 1. The predicted octanol–water partition coefficient (Wildman–Crippen LogP) is 2.47. The normalized spacial score (nSPS) is 15.0. The summed E-state index contributed by atoms with van der Waals surface area (Å²) in [7, 11) is 0. The van der Waals surface area contributed by atoms with Crippen LogP contribution in [0.5, 0.6) is 0 Å². The van der Waals surface area contributed by atoms with E-state index in [0.717, 1.165) is 37.4 Å². The molecule has 0 radical (unpaired) electrons. The first-order chi connectivity index (χ1) is 11.8. The van der Waals surface area contributed by atoms with Gasteiger partial charge in [0.15, 0.2) is 5.65 Å². The van der Waals surface area contributed by atoms with Gasteiger partial charge in [0.05, 0.1) is 19.4 Å². The molecule has 2 aromatic heterocycles. The molecule has 0 aromatic carbocycles. The zero-order valence-corrected chi connectivity index (χ0v) is 14.2. The number of ether oxygens (including phenoxy) is 1. The fourth-order valence-corrected chi connectivity index (χ4v) is 2.90. The van der Waals surface area contributed by atoms with Crippen LogP contribution in [-0.4, -0.2) is 46.8 Å². The number of fused-ring (bicyclic) bond motifs is 1. The Morgan fingerprint density at radius 3 is 2.92 bits per heavy atom. The maximum Gasteiger partial charge on any atom is 0.225 e. The monoisotopic (exact) mass is 331 g/mol. The van der Waals surface area contributed by atoms with Gasteiger partial charge in [-0.1, -0.05) is 26.2 Å². The maximum absolute atomic E-state index is 12.1. The third-order valence-corrected chi connectivity index (χ3v) is 4.20. The molecule has 24 heavy (non-hydrogen) atoms. The summed E-state index contributed by atoms with van der Waals surface area (Å²) >= 11 is 0. The van der Waals surface area contributed by atoms with Crippen molar-refractivity contribution in [2.75, 3.05) is 36.5 Å². The number of hydrogen-bond donors (Lipinski definition) is 1. The van der Waals surface area contributed by atoms with Crippen LogP contribution >= 0.6 is 0 Å². The van der Waals surface area contributed by atoms with Crippen LogP contribution < -0.4 is 10.2 Å². The Balaban J connectivity index is 1.72. The Labute approximate surface area is 142 Å². The second-order valence-electron chi connectivity index (χ2n) is 6.06. The Hall–Kier alpha value is -2.15. The number of hydrogen-bond acceptors (Lipinski definition) is 5. The number of amides is 1. The highest BCUT2D eigenvalue weighted by molar-refractivity contribution is 5.90. The number of anilines is 2. The van der Waals surface area contributed by atoms with Crippen LogP contribution in [0.25, 0.3) is 5.65 Å². The Morgan fingerprint density at radius 2 is 2.12 bits per heavy atom. The lowest BCUT2D eigenvalue weighted by atomic mass is 10.1. The third kappa shape index (κ3) is 4.03. The standard InChI is InChI=1S/C17H25N5O2/c1-2-3-4-5-6-16(23)20-14-13-17(21-9-11-24-12-10-21)22-15(19-14)7-8-18-22/h7-8,13H,2-6,9-12H2,1H3,(H,19,20,23). The molecular formula is C17H25N5O2. The van der Waals surface area contributed by atoms with E-state index in [0.29, 0.717) is 25.5 Å². The van der Waals surface area contributed by atoms with Crippen molar-refractivity contribution in [1.29, 1.82) is 0 Å². The number of aromatic nitrogens is 3. The lowest BCUT2D eigenvalue weighted by Gasteiger charge is -2.29. The molecule has 0 saturated carbocycles. The van der Waals surface area contributed by atoms with Crippen LogP contribution in [0.4, 0.5) is 11.6 Å². The molecule has 2 aromatic rings. The topological polar surface area (TPSA) is 71.8 Å². The molecule has 3 rings (SSSR count). The SMILES string of the molecule is CCCCCCC(=O)Nc1cc(N2CCOCC2)n2nccc2n1. The van der Waals surface area contributed by atoms with E-state index in [2.05, 4.69) is 27.2 Å². The number of carbonyl (C=O) groups is 1. The van der Waals surface area contributed by atoms with E-state index < -0.39 is 0 Å². The first-order valence-corrected chi connectivity index (χ1v) is 8.75. The van der Waals surface area contributed by atoms with Crippen LogP contribution in [0, 0.1) is 0 Å². The molecule has 1 N–H and O–H groups in total. The summed E-state index contributed by atoms with van der Waals surface area (Å²) in [5.41, 5.74) is 0.736. The van der Waals surface area contributed by atoms with E-state index in [1.807, 2.05) is 16.6 Å². The van der Waals surface area contributed by atoms with Gasteiger partial charge in [0.1, 0.15) is 11.6 Å². The van der Waals surface area contributed by atoms with Crippen LogP contribution in [-0.2, 0) is 9.53 Å². The van der Waals surface area contributed by atoms with E-state index in [1.165, 1.54) is 12.8 Å². The first kappa shape index (κ1) is 16.7. The summed E-state index contributed by atoms with van der Waals surface area (Å²) < 4.78 is 7.22. The second kappa shape index (κ2) is 8.10. The summed E-state index contributed by atoms with van der Waals surface area (Å²) in [5, 5.41) is 7.27. The van der Waals surface area contributed by atoms with Crippen molar-refractivity contribution in [3.8, 4) is 0 Å². The van der Waals surface area contributed by atoms with Gasteiger partial charge in [-0.05, 0) is 6.42 Å². The molecule has 0 bridgehead atoms. The maximum atomic E-state index is 12.1. The van der Waals surface area contributed by atoms with E-state index in [4.69, 9.17) is 4.74 Å². The number of nitrogens with one attached hydrogen (secondary N) is 1. The summed E-state index contributed by atoms with van der Waals surface area (Å²) in [6, 6.07) is 3.75. The minimum absolute atomic E-state index is 0.0235. The zero-order chi connectivity index (χ0) is 16.8. The second-order valence-corrected chi connectivity index (χ2v) is 6.06. The summed E-state index contributed by atoms with van der Waals surface area (Å²) in [6.07, 6.45) is 6.63. The van der Waals surface area contributed by atoms with Crippen molar-refractivity contribution in [3.05, 3.63) is 18.3 Å². The van der Waals surface area contributed by atoms with Crippen molar-refractivity contribution in [3.63, 3.8) is 0 Å². The van der Waals surface area contributed by atoms with E-state index in [-0.39, 0.29) is 5.91 Å². The number of rotatable bonds is 7. The highest BCUT2D eigenvalue weighted by Gasteiger charge is 2.17. The van der Waals surface area contributed by atoms with Crippen molar-refractivity contribution in [2.45, 2.75) is 39.0 Å². The summed E-state index contributed by atoms with van der Waals surface area (Å²) in [5.74, 6) is 1.55. The van der Waals surface area contributed by atoms with Crippen molar-refractivity contribution in [1.82, 2.24) is 14.6 Å². The highest BCUT2D eigenvalue weighted by Crippen LogP contribution is 2.21. The van der Waals surface area contributed by atoms with Crippen LogP contribution in [0.1, 0.15) is 39.0 Å². The molecule has 1 fully saturated rings. The molecule has 1 saturated heterocycles. The lowest BCUT2D eigenvalue weighted by Crippen LogP contribution is -2.37. The van der Waals surface area contributed by atoms with Gasteiger partial charge in [0.25, 0.3) is 0 Å². The van der Waals surface area contributed by atoms with Crippen molar-refractivity contribution >= 4 is 23.2 Å². The molecule has 1 amide bonds. The van der Waals surface area contributed by atoms with E-state index >= 15 is 0 Å². The average Bonchev–Trinajstić information content (AvgIpc) is 3.07. The Morgan fingerprint density at radius 1 is 1.29 bits per heavy atom. The number of unbranched alkanes of at least 4 members (excludes halogenated alkanes) is 3. The molecular weight excluding hydrogens is 306 g/mol. The van der Waals surface area contributed by atoms with Gasteiger partial charge in [0, 0.05) is 31.6 Å². The summed E-state index contributed by atoms with van der Waals surface area (Å²) in [6.45, 7) is 5.18. The van der Waals surface area contributed by atoms with E-state index in [1.54, 1.807) is 6.20 Å². The molecule has 3 heterocycles. The van der Waals surface area contributed by atoms with Gasteiger partial charge in [-0.3, -0.25) is 4.79 Å². The van der Waals surface area contributed by atoms with Gasteiger partial charge in [-0.15, -0.1) is 0 Å². The number of nitrogens with zero attached hydrogens (tertiary/aromatic N) is 4. The minimum atomic E-state index is 0.0235. The first-order valence-electron chi connectivity index (χ1n) is 8.75. The third-order valence-electron chi connectivity index (χ3n) is 4.20. The van der Waals surface area contributed by atoms with Gasteiger partial charge in [-0.2, -0.15) is 9.61 Å². The zero-order valence-electron chi connectivity index (χ0n) is 14.2. The summed E-state index contributed by atoms with van der Waals surface area (Å²) in [4.78, 5) is 18.8. The molecule has 0 unspecified atom stereocenters. The molecule has 0 atom stereocenters. The smallest absolute Gasteiger partial charge is 0.225 e. The number of morpholine rings is 1. The lowest BCUT2D eigenvalue weighted by molar-refractivity contribution is -0.116. The van der Waals surface area contributed by atoms with Crippen LogP contribution in [0.15, 0.2) is 18.3 Å². The molecule has 1 aliphatic rings. The molecule has 0 spiro atoms. The Bertz CT molecular complexity index is 679. The van der Waals surface area contributed by atoms with Crippen molar-refractivity contribution < 1.29 is 9.53 Å². The average molecular weight is 331 g/mol. The predicted molar refractivity (Wildman–Crippen MR) is 93.4 cm³/mol. The van der Waals surface area contributed by atoms with Gasteiger partial charge >= 0.3 is 0 Å². The van der Waals surface area contributed by atoms with E-state index in [9.17, 15) is 4.79 Å². The Kier molecular flexibility index (Phi) is 5.63.